The number of nitrogens with two attached hydrogens (primary N) is 1. The fourth-order valence-electron chi connectivity index (χ4n) is 3.21. The molecule has 1 aliphatic heterocycles. The Morgan fingerprint density at radius 1 is 1.10 bits per heavy atom. The Labute approximate surface area is 126 Å². The van der Waals surface area contributed by atoms with Crippen molar-refractivity contribution in [3.05, 3.63) is 59.0 Å². The van der Waals surface area contributed by atoms with Gasteiger partial charge in [-0.2, -0.15) is 0 Å². The van der Waals surface area contributed by atoms with Crippen LogP contribution in [0.25, 0.3) is 0 Å². The molecule has 1 aliphatic rings. The Morgan fingerprint density at radius 3 is 2.29 bits per heavy atom. The minimum absolute atomic E-state index is 0.194. The van der Waals surface area contributed by atoms with Crippen molar-refractivity contribution in [2.45, 2.75) is 32.2 Å². The molecule has 2 N–H and O–H groups in total. The summed E-state index contributed by atoms with van der Waals surface area (Å²) in [6.45, 7) is 4.80. The Hall–Kier alpha value is -1.58. The van der Waals surface area contributed by atoms with Gasteiger partial charge in [0, 0.05) is 26.1 Å². The van der Waals surface area contributed by atoms with Gasteiger partial charge in [0.2, 0.25) is 0 Å². The van der Waals surface area contributed by atoms with Gasteiger partial charge < -0.3 is 10.2 Å². The Balaban J connectivity index is 1.77. The van der Waals surface area contributed by atoms with E-state index in [9.17, 15) is 0 Å². The second kappa shape index (κ2) is 6.46. The summed E-state index contributed by atoms with van der Waals surface area (Å²) in [7, 11) is 0. The van der Waals surface area contributed by atoms with Crippen LogP contribution in [0.15, 0.2) is 40.8 Å². The quantitative estimate of drug-likeness (QED) is 0.938. The molecule has 0 aliphatic carbocycles. The highest BCUT2D eigenvalue weighted by molar-refractivity contribution is 5.29. The van der Waals surface area contributed by atoms with Gasteiger partial charge in [0.15, 0.2) is 0 Å². The van der Waals surface area contributed by atoms with Crippen LogP contribution in [0.5, 0.6) is 0 Å². The van der Waals surface area contributed by atoms with E-state index in [1.54, 1.807) is 0 Å². The summed E-state index contributed by atoms with van der Waals surface area (Å²) in [5.74, 6) is 2.06. The first kappa shape index (κ1) is 14.4. The van der Waals surface area contributed by atoms with Crippen LogP contribution in [0, 0.1) is 0 Å². The number of benzene rings is 1. The molecular formula is C18H24N2O. The molecule has 3 rings (SSSR count). The second-order valence-corrected chi connectivity index (χ2v) is 5.71. The van der Waals surface area contributed by atoms with Crippen molar-refractivity contribution < 1.29 is 4.42 Å². The van der Waals surface area contributed by atoms with Gasteiger partial charge in [-0.25, -0.2) is 0 Å². The first-order valence-corrected chi connectivity index (χ1v) is 7.91. The Bertz CT molecular complexity index is 563. The van der Waals surface area contributed by atoms with Crippen molar-refractivity contribution in [1.29, 1.82) is 0 Å². The molecule has 21 heavy (non-hydrogen) atoms. The maximum atomic E-state index is 6.04. The van der Waals surface area contributed by atoms with E-state index in [0.29, 0.717) is 6.54 Å². The van der Waals surface area contributed by atoms with Crippen LogP contribution in [-0.4, -0.2) is 24.5 Å². The van der Waals surface area contributed by atoms with Crippen molar-refractivity contribution in [1.82, 2.24) is 4.90 Å². The average Bonchev–Trinajstić information content (AvgIpc) is 2.89. The molecule has 0 amide bonds. The summed E-state index contributed by atoms with van der Waals surface area (Å²) in [5.41, 5.74) is 8.99. The third kappa shape index (κ3) is 3.04. The maximum Gasteiger partial charge on any atom is 0.122 e. The van der Waals surface area contributed by atoms with E-state index >= 15 is 0 Å². The van der Waals surface area contributed by atoms with Crippen LogP contribution in [0.4, 0.5) is 0 Å². The van der Waals surface area contributed by atoms with Gasteiger partial charge in [-0.1, -0.05) is 31.2 Å². The molecule has 0 saturated carbocycles. The van der Waals surface area contributed by atoms with Gasteiger partial charge >= 0.3 is 0 Å². The zero-order valence-electron chi connectivity index (χ0n) is 12.7. The lowest BCUT2D eigenvalue weighted by atomic mass is 10.0. The van der Waals surface area contributed by atoms with E-state index in [1.165, 1.54) is 11.1 Å². The summed E-state index contributed by atoms with van der Waals surface area (Å²) >= 11 is 0. The van der Waals surface area contributed by atoms with Gasteiger partial charge in [-0.15, -0.1) is 0 Å². The number of aryl methyl sites for hydroxylation is 1. The van der Waals surface area contributed by atoms with Crippen LogP contribution in [0.2, 0.25) is 0 Å². The molecule has 1 aromatic carbocycles. The molecule has 2 aromatic rings. The largest absolute Gasteiger partial charge is 0.464 e. The molecule has 0 radical (unpaired) electrons. The van der Waals surface area contributed by atoms with Crippen LogP contribution < -0.4 is 5.73 Å². The molecule has 3 nitrogen and oxygen atoms in total. The standard InChI is InChI=1S/C18H24N2O/c1-2-16-7-8-18(21-16)17(13-19)20-11-9-14-5-3-4-6-15(14)10-12-20/h3-8,17H,2,9-13,19H2,1H3. The first-order chi connectivity index (χ1) is 10.3. The molecule has 0 saturated heterocycles. The highest BCUT2D eigenvalue weighted by Gasteiger charge is 2.24. The number of rotatable bonds is 4. The number of furan rings is 1. The summed E-state index contributed by atoms with van der Waals surface area (Å²) in [4.78, 5) is 2.47. The fourth-order valence-corrected chi connectivity index (χ4v) is 3.21. The average molecular weight is 284 g/mol. The summed E-state index contributed by atoms with van der Waals surface area (Å²) in [5, 5.41) is 0. The van der Waals surface area contributed by atoms with Crippen molar-refractivity contribution in [3.8, 4) is 0 Å². The molecule has 1 unspecified atom stereocenters. The van der Waals surface area contributed by atoms with E-state index in [2.05, 4.69) is 48.2 Å². The van der Waals surface area contributed by atoms with Gasteiger partial charge in [0.25, 0.3) is 0 Å². The summed E-state index contributed by atoms with van der Waals surface area (Å²) in [6, 6.07) is 13.1. The lowest BCUT2D eigenvalue weighted by Crippen LogP contribution is -2.35. The number of fused-ring (bicyclic) bond motifs is 1. The number of hydrogen-bond acceptors (Lipinski definition) is 3. The lowest BCUT2D eigenvalue weighted by Gasteiger charge is -2.28. The zero-order chi connectivity index (χ0) is 14.7. The highest BCUT2D eigenvalue weighted by atomic mass is 16.3. The molecule has 3 heteroatoms. The molecule has 2 heterocycles. The van der Waals surface area contributed by atoms with Gasteiger partial charge in [0.05, 0.1) is 6.04 Å². The van der Waals surface area contributed by atoms with Crippen molar-refractivity contribution in [2.24, 2.45) is 5.73 Å². The Kier molecular flexibility index (Phi) is 4.42. The normalized spacial score (nSPS) is 17.2. The predicted octanol–water partition coefficient (Wildman–Crippen LogP) is 2.94. The van der Waals surface area contributed by atoms with Crippen LogP contribution in [-0.2, 0) is 19.3 Å². The van der Waals surface area contributed by atoms with Crippen LogP contribution in [0.1, 0.15) is 35.6 Å². The zero-order valence-corrected chi connectivity index (χ0v) is 12.7. The fraction of sp³-hybridized carbons (Fsp3) is 0.444. The third-order valence-corrected chi connectivity index (χ3v) is 4.48. The first-order valence-electron chi connectivity index (χ1n) is 7.91. The molecule has 0 spiro atoms. The number of hydrogen-bond donors (Lipinski definition) is 1. The van der Waals surface area contributed by atoms with Crippen LogP contribution in [0.3, 0.4) is 0 Å². The van der Waals surface area contributed by atoms with Gasteiger partial charge in [-0.05, 0) is 36.1 Å². The van der Waals surface area contributed by atoms with Crippen LogP contribution >= 0.6 is 0 Å². The van der Waals surface area contributed by atoms with E-state index in [0.717, 1.165) is 43.9 Å². The predicted molar refractivity (Wildman–Crippen MR) is 85.3 cm³/mol. The molecule has 112 valence electrons. The molecular weight excluding hydrogens is 260 g/mol. The van der Waals surface area contributed by atoms with Crippen molar-refractivity contribution >= 4 is 0 Å². The summed E-state index contributed by atoms with van der Waals surface area (Å²) in [6.07, 6.45) is 3.12. The smallest absolute Gasteiger partial charge is 0.122 e. The lowest BCUT2D eigenvalue weighted by molar-refractivity contribution is 0.185. The monoisotopic (exact) mass is 284 g/mol. The third-order valence-electron chi connectivity index (χ3n) is 4.48. The molecule has 1 aromatic heterocycles. The molecule has 0 bridgehead atoms. The van der Waals surface area contributed by atoms with E-state index in [-0.39, 0.29) is 6.04 Å². The Morgan fingerprint density at radius 2 is 1.76 bits per heavy atom. The van der Waals surface area contributed by atoms with E-state index < -0.39 is 0 Å². The van der Waals surface area contributed by atoms with Gasteiger partial charge in [-0.3, -0.25) is 4.90 Å². The minimum atomic E-state index is 0.194. The highest BCUT2D eigenvalue weighted by Crippen LogP contribution is 2.25. The van der Waals surface area contributed by atoms with Crippen molar-refractivity contribution in [2.75, 3.05) is 19.6 Å². The van der Waals surface area contributed by atoms with Crippen molar-refractivity contribution in [3.63, 3.8) is 0 Å². The van der Waals surface area contributed by atoms with E-state index in [1.807, 2.05) is 0 Å². The SMILES string of the molecule is CCc1ccc(C(CN)N2CCc3ccccc3CC2)o1. The minimum Gasteiger partial charge on any atom is -0.464 e. The number of nitrogens with zero attached hydrogens (tertiary/aromatic N) is 1. The maximum absolute atomic E-state index is 6.04. The summed E-state index contributed by atoms with van der Waals surface area (Å²) < 4.78 is 5.94. The van der Waals surface area contributed by atoms with E-state index in [4.69, 9.17) is 10.2 Å². The topological polar surface area (TPSA) is 42.4 Å². The second-order valence-electron chi connectivity index (χ2n) is 5.71. The molecule has 0 fully saturated rings. The molecule has 1 atom stereocenters. The van der Waals surface area contributed by atoms with Gasteiger partial charge in [0.1, 0.15) is 11.5 Å².